The third-order valence-electron chi connectivity index (χ3n) is 1.27. The lowest BCUT2D eigenvalue weighted by Crippen LogP contribution is -1.86. The lowest BCUT2D eigenvalue weighted by Gasteiger charge is -2.01. The van der Waals surface area contributed by atoms with E-state index in [1.165, 1.54) is 13.2 Å². The first-order chi connectivity index (χ1) is 5.63. The fraction of sp³-hybridized carbons (Fsp3) is 0.143. The molecule has 0 saturated heterocycles. The van der Waals surface area contributed by atoms with Crippen molar-refractivity contribution in [1.82, 2.24) is 0 Å². The molecule has 5 heteroatoms. The van der Waals surface area contributed by atoms with Crippen molar-refractivity contribution in [1.29, 1.82) is 0 Å². The summed E-state index contributed by atoms with van der Waals surface area (Å²) in [7, 11) is 5.33. The SMILES string of the molecule is COc1cc(Cl)cc(S(=O)Cl)c1. The minimum absolute atomic E-state index is 0.445. The van der Waals surface area contributed by atoms with Gasteiger partial charge in [-0.2, -0.15) is 0 Å². The van der Waals surface area contributed by atoms with Crippen LogP contribution in [0.25, 0.3) is 0 Å². The Kier molecular flexibility index (Phi) is 3.38. The second kappa shape index (κ2) is 4.12. The highest BCUT2D eigenvalue weighted by Crippen LogP contribution is 2.23. The molecule has 0 aliphatic heterocycles. The summed E-state index contributed by atoms with van der Waals surface area (Å²) in [5, 5.41) is 0.457. The molecule has 0 radical (unpaired) electrons. The summed E-state index contributed by atoms with van der Waals surface area (Å²) in [6.07, 6.45) is 0. The van der Waals surface area contributed by atoms with Gasteiger partial charge in [-0.05, 0) is 28.9 Å². The van der Waals surface area contributed by atoms with Gasteiger partial charge in [0.15, 0.2) is 0 Å². The minimum Gasteiger partial charge on any atom is -0.497 e. The predicted octanol–water partition coefficient (Wildman–Crippen LogP) is 2.61. The number of methoxy groups -OCH3 is 1. The van der Waals surface area contributed by atoms with E-state index in [9.17, 15) is 4.21 Å². The van der Waals surface area contributed by atoms with Crippen molar-refractivity contribution in [3.05, 3.63) is 23.2 Å². The number of halogens is 2. The van der Waals surface area contributed by atoms with Gasteiger partial charge in [-0.1, -0.05) is 11.6 Å². The van der Waals surface area contributed by atoms with Gasteiger partial charge in [0.1, 0.15) is 15.8 Å². The molecular weight excluding hydrogens is 219 g/mol. The van der Waals surface area contributed by atoms with Gasteiger partial charge in [0, 0.05) is 5.02 Å². The summed E-state index contributed by atoms with van der Waals surface area (Å²) in [6.45, 7) is 0. The summed E-state index contributed by atoms with van der Waals surface area (Å²) in [4.78, 5) is 0.445. The third-order valence-corrected chi connectivity index (χ3v) is 2.62. The van der Waals surface area contributed by atoms with Gasteiger partial charge in [-0.15, -0.1) is 0 Å². The van der Waals surface area contributed by atoms with E-state index in [0.29, 0.717) is 15.7 Å². The molecule has 0 fully saturated rings. The Balaban J connectivity index is 3.15. The molecule has 12 heavy (non-hydrogen) atoms. The Hall–Kier alpha value is -0.250. The lowest BCUT2D eigenvalue weighted by atomic mass is 10.3. The highest BCUT2D eigenvalue weighted by Gasteiger charge is 2.03. The first-order valence-electron chi connectivity index (χ1n) is 3.06. The summed E-state index contributed by atoms with van der Waals surface area (Å²) < 4.78 is 15.7. The van der Waals surface area contributed by atoms with Crippen LogP contribution >= 0.6 is 22.3 Å². The zero-order valence-electron chi connectivity index (χ0n) is 6.21. The Bertz CT molecular complexity index is 314. The molecule has 1 rings (SSSR count). The van der Waals surface area contributed by atoms with Crippen LogP contribution in [0.5, 0.6) is 5.75 Å². The maximum Gasteiger partial charge on any atom is 0.147 e. The quantitative estimate of drug-likeness (QED) is 0.723. The standard InChI is InChI=1S/C7H6Cl2O2S/c1-11-6-2-5(8)3-7(4-6)12(9)10/h2-4H,1H3. The van der Waals surface area contributed by atoms with Crippen LogP contribution in [0.1, 0.15) is 0 Å². The van der Waals surface area contributed by atoms with Gasteiger partial charge >= 0.3 is 0 Å². The van der Waals surface area contributed by atoms with E-state index in [2.05, 4.69) is 0 Å². The monoisotopic (exact) mass is 224 g/mol. The molecule has 1 aromatic rings. The molecule has 0 bridgehead atoms. The highest BCUT2D eigenvalue weighted by atomic mass is 35.7. The lowest BCUT2D eigenvalue weighted by molar-refractivity contribution is 0.413. The normalized spacial score (nSPS) is 12.6. The Morgan fingerprint density at radius 1 is 1.42 bits per heavy atom. The van der Waals surface area contributed by atoms with Gasteiger partial charge < -0.3 is 4.74 Å². The first-order valence-corrected chi connectivity index (χ1v) is 5.41. The molecule has 66 valence electrons. The zero-order chi connectivity index (χ0) is 9.14. The molecule has 0 aliphatic rings. The van der Waals surface area contributed by atoms with Crippen LogP contribution in [0.3, 0.4) is 0 Å². The van der Waals surface area contributed by atoms with Gasteiger partial charge in [0.05, 0.1) is 12.0 Å². The average molecular weight is 225 g/mol. The van der Waals surface area contributed by atoms with E-state index >= 15 is 0 Å². The van der Waals surface area contributed by atoms with Crippen LogP contribution in [0.4, 0.5) is 0 Å². The van der Waals surface area contributed by atoms with Crippen molar-refractivity contribution in [3.8, 4) is 5.75 Å². The van der Waals surface area contributed by atoms with Crippen molar-refractivity contribution >= 4 is 32.3 Å². The molecule has 0 aromatic heterocycles. The molecule has 0 amide bonds. The smallest absolute Gasteiger partial charge is 0.147 e. The zero-order valence-corrected chi connectivity index (χ0v) is 8.54. The van der Waals surface area contributed by atoms with E-state index in [4.69, 9.17) is 27.0 Å². The second-order valence-corrected chi connectivity index (χ2v) is 4.25. The fourth-order valence-corrected chi connectivity index (χ4v) is 1.73. The average Bonchev–Trinajstić information content (AvgIpc) is 2.03. The molecule has 0 saturated carbocycles. The number of hydrogen-bond donors (Lipinski definition) is 0. The Labute approximate surface area is 82.4 Å². The van der Waals surface area contributed by atoms with Crippen LogP contribution in [0.2, 0.25) is 5.02 Å². The number of hydrogen-bond acceptors (Lipinski definition) is 2. The summed E-state index contributed by atoms with van der Waals surface area (Å²) in [6, 6.07) is 4.73. The van der Waals surface area contributed by atoms with Crippen molar-refractivity contribution in [3.63, 3.8) is 0 Å². The van der Waals surface area contributed by atoms with Crippen LogP contribution in [0.15, 0.2) is 23.1 Å². The van der Waals surface area contributed by atoms with Gasteiger partial charge in [-0.25, -0.2) is 4.21 Å². The van der Waals surface area contributed by atoms with Gasteiger partial charge in [0.25, 0.3) is 0 Å². The van der Waals surface area contributed by atoms with Crippen LogP contribution in [-0.4, -0.2) is 11.3 Å². The van der Waals surface area contributed by atoms with E-state index in [1.807, 2.05) is 0 Å². The van der Waals surface area contributed by atoms with Gasteiger partial charge in [0.2, 0.25) is 0 Å². The van der Waals surface area contributed by atoms with E-state index < -0.39 is 10.0 Å². The number of rotatable bonds is 2. The van der Waals surface area contributed by atoms with Crippen LogP contribution < -0.4 is 4.74 Å². The third kappa shape index (κ3) is 2.37. The van der Waals surface area contributed by atoms with E-state index in [-0.39, 0.29) is 0 Å². The molecule has 0 N–H and O–H groups in total. The first kappa shape index (κ1) is 9.84. The van der Waals surface area contributed by atoms with Crippen molar-refractivity contribution < 1.29 is 8.95 Å². The van der Waals surface area contributed by atoms with E-state index in [1.54, 1.807) is 12.1 Å². The van der Waals surface area contributed by atoms with Crippen LogP contribution in [-0.2, 0) is 10.0 Å². The summed E-state index contributed by atoms with van der Waals surface area (Å²) >= 11 is 5.70. The summed E-state index contributed by atoms with van der Waals surface area (Å²) in [5.41, 5.74) is 0. The largest absolute Gasteiger partial charge is 0.497 e. The Morgan fingerprint density at radius 3 is 2.58 bits per heavy atom. The van der Waals surface area contributed by atoms with Crippen molar-refractivity contribution in [2.45, 2.75) is 4.90 Å². The fourth-order valence-electron chi connectivity index (χ4n) is 0.748. The number of ether oxygens (including phenoxy) is 1. The topological polar surface area (TPSA) is 26.3 Å². The molecule has 0 aliphatic carbocycles. The minimum atomic E-state index is -1.54. The second-order valence-electron chi connectivity index (χ2n) is 2.05. The summed E-state index contributed by atoms with van der Waals surface area (Å²) in [5.74, 6) is 0.548. The van der Waals surface area contributed by atoms with Crippen molar-refractivity contribution in [2.75, 3.05) is 7.11 Å². The maximum atomic E-state index is 10.8. The molecule has 0 heterocycles. The molecule has 1 atom stereocenters. The number of benzene rings is 1. The molecule has 0 spiro atoms. The maximum absolute atomic E-state index is 10.8. The molecule has 1 unspecified atom stereocenters. The molecule has 2 nitrogen and oxygen atoms in total. The van der Waals surface area contributed by atoms with Crippen LogP contribution in [0, 0.1) is 0 Å². The molecular formula is C7H6Cl2O2S. The molecule has 1 aromatic carbocycles. The van der Waals surface area contributed by atoms with Gasteiger partial charge in [-0.3, -0.25) is 0 Å². The Morgan fingerprint density at radius 2 is 2.08 bits per heavy atom. The highest BCUT2D eigenvalue weighted by molar-refractivity contribution is 8.08. The van der Waals surface area contributed by atoms with Crippen molar-refractivity contribution in [2.24, 2.45) is 0 Å². The predicted molar refractivity (Wildman–Crippen MR) is 50.3 cm³/mol. The van der Waals surface area contributed by atoms with E-state index in [0.717, 1.165) is 0 Å².